The van der Waals surface area contributed by atoms with Gasteiger partial charge in [-0.2, -0.15) is 0 Å². The highest BCUT2D eigenvalue weighted by Crippen LogP contribution is 2.39. The van der Waals surface area contributed by atoms with Crippen LogP contribution in [0, 0.1) is 0 Å². The molecule has 1 aromatic carbocycles. The average molecular weight is 201 g/mol. The quantitative estimate of drug-likeness (QED) is 0.715. The number of fused-ring (bicyclic) bond motifs is 1. The third-order valence-electron chi connectivity index (χ3n) is 2.56. The van der Waals surface area contributed by atoms with Crippen LogP contribution < -0.4 is 5.32 Å². The molecule has 2 unspecified atom stereocenters. The molecule has 1 aliphatic carbocycles. The second-order valence-electron chi connectivity index (χ2n) is 3.74. The highest BCUT2D eigenvalue weighted by atomic mass is 16.7. The minimum Gasteiger partial charge on any atom is -0.360 e. The number of nitrogens with one attached hydrogen (secondary N) is 1. The minimum absolute atomic E-state index is 0.186. The van der Waals surface area contributed by atoms with E-state index < -0.39 is 5.79 Å². The largest absolute Gasteiger partial charge is 0.360 e. The maximum absolute atomic E-state index is 9.55. The second kappa shape index (κ2) is 2.95. The number of hydrogen-bond donors (Lipinski definition) is 2. The van der Waals surface area contributed by atoms with Crippen LogP contribution in [-0.4, -0.2) is 17.0 Å². The number of para-hydroxylation sites is 1. The first-order valence-electron chi connectivity index (χ1n) is 4.90. The van der Waals surface area contributed by atoms with Crippen molar-refractivity contribution in [3.05, 3.63) is 54.3 Å². The molecule has 0 saturated carbocycles. The molecule has 0 aromatic heterocycles. The van der Waals surface area contributed by atoms with Crippen molar-refractivity contribution in [2.45, 2.75) is 11.9 Å². The predicted octanol–water partition coefficient (Wildman–Crippen LogP) is 1.64. The Labute approximate surface area is 87.7 Å². The molecule has 2 N–H and O–H groups in total. The highest BCUT2D eigenvalue weighted by Gasteiger charge is 2.53. The zero-order valence-corrected chi connectivity index (χ0v) is 8.05. The summed E-state index contributed by atoms with van der Waals surface area (Å²) >= 11 is 0. The van der Waals surface area contributed by atoms with Gasteiger partial charge in [0, 0.05) is 11.4 Å². The molecule has 1 aliphatic heterocycles. The number of anilines is 1. The number of rotatable bonds is 2. The molecule has 3 nitrogen and oxygen atoms in total. The van der Waals surface area contributed by atoms with Crippen molar-refractivity contribution in [2.24, 2.45) is 0 Å². The Hall–Kier alpha value is -1.58. The van der Waals surface area contributed by atoms with Crippen LogP contribution in [0.3, 0.4) is 0 Å². The molecule has 2 atom stereocenters. The molecule has 0 bridgehead atoms. The van der Waals surface area contributed by atoms with Gasteiger partial charge in [-0.1, -0.05) is 18.2 Å². The fourth-order valence-corrected chi connectivity index (χ4v) is 1.66. The number of epoxide rings is 1. The molecular weight excluding hydrogens is 190 g/mol. The van der Waals surface area contributed by atoms with E-state index in [-0.39, 0.29) is 6.10 Å². The summed E-state index contributed by atoms with van der Waals surface area (Å²) in [5.41, 5.74) is 1.98. The monoisotopic (exact) mass is 201 g/mol. The van der Waals surface area contributed by atoms with Crippen LogP contribution in [0.15, 0.2) is 54.3 Å². The number of benzene rings is 1. The summed E-state index contributed by atoms with van der Waals surface area (Å²) < 4.78 is 5.09. The van der Waals surface area contributed by atoms with Gasteiger partial charge in [0.25, 0.3) is 0 Å². The normalized spacial score (nSPS) is 31.8. The number of ether oxygens (including phenoxy) is 1. The summed E-state index contributed by atoms with van der Waals surface area (Å²) in [5.74, 6) is -1.03. The van der Waals surface area contributed by atoms with Crippen LogP contribution in [0.5, 0.6) is 0 Å². The Balaban J connectivity index is 1.76. The summed E-state index contributed by atoms with van der Waals surface area (Å²) in [4.78, 5) is 0. The summed E-state index contributed by atoms with van der Waals surface area (Å²) in [6, 6.07) is 9.89. The fourth-order valence-electron chi connectivity index (χ4n) is 1.66. The summed E-state index contributed by atoms with van der Waals surface area (Å²) in [7, 11) is 0. The Morgan fingerprint density at radius 3 is 2.80 bits per heavy atom. The average Bonchev–Trinajstić information content (AvgIpc) is 2.91. The molecular formula is C12H11NO2. The lowest BCUT2D eigenvalue weighted by Gasteiger charge is -2.10. The first-order chi connectivity index (χ1) is 7.26. The summed E-state index contributed by atoms with van der Waals surface area (Å²) in [6.07, 6.45) is 5.20. The number of allylic oxidation sites excluding steroid dienone is 1. The lowest BCUT2D eigenvalue weighted by atomic mass is 10.1. The van der Waals surface area contributed by atoms with E-state index in [1.165, 1.54) is 0 Å². The van der Waals surface area contributed by atoms with E-state index in [2.05, 4.69) is 5.32 Å². The minimum atomic E-state index is -1.03. The molecule has 15 heavy (non-hydrogen) atoms. The van der Waals surface area contributed by atoms with E-state index in [0.717, 1.165) is 11.4 Å². The van der Waals surface area contributed by atoms with Crippen LogP contribution in [0.25, 0.3) is 0 Å². The van der Waals surface area contributed by atoms with Gasteiger partial charge in [0.1, 0.15) is 6.10 Å². The Morgan fingerprint density at radius 1 is 1.27 bits per heavy atom. The first kappa shape index (κ1) is 8.71. The molecule has 76 valence electrons. The molecule has 1 fully saturated rings. The lowest BCUT2D eigenvalue weighted by molar-refractivity contribution is 0.0825. The van der Waals surface area contributed by atoms with Crippen molar-refractivity contribution < 1.29 is 9.84 Å². The molecule has 2 aliphatic rings. The maximum Gasteiger partial charge on any atom is 0.217 e. The van der Waals surface area contributed by atoms with Crippen molar-refractivity contribution >= 4 is 5.69 Å². The van der Waals surface area contributed by atoms with Crippen LogP contribution in [-0.2, 0) is 4.74 Å². The van der Waals surface area contributed by atoms with Gasteiger partial charge >= 0.3 is 0 Å². The van der Waals surface area contributed by atoms with Gasteiger partial charge in [0.15, 0.2) is 0 Å². The lowest BCUT2D eigenvalue weighted by Crippen LogP contribution is -2.14. The van der Waals surface area contributed by atoms with Gasteiger partial charge in [-0.15, -0.1) is 0 Å². The van der Waals surface area contributed by atoms with Gasteiger partial charge in [-0.3, -0.25) is 0 Å². The van der Waals surface area contributed by atoms with Crippen LogP contribution in [0.4, 0.5) is 5.69 Å². The molecule has 1 saturated heterocycles. The molecule has 3 heteroatoms. The standard InChI is InChI=1S/C12H11NO2/c14-12-7-6-10(8-11(12)15-12)13-9-4-2-1-3-5-9/h1-8,11,13-14H. The molecule has 0 spiro atoms. The maximum atomic E-state index is 9.55. The van der Waals surface area contributed by atoms with Gasteiger partial charge in [0.2, 0.25) is 5.79 Å². The van der Waals surface area contributed by atoms with Crippen molar-refractivity contribution in [3.63, 3.8) is 0 Å². The van der Waals surface area contributed by atoms with E-state index >= 15 is 0 Å². The second-order valence-corrected chi connectivity index (χ2v) is 3.74. The molecule has 1 aromatic rings. The van der Waals surface area contributed by atoms with Gasteiger partial charge in [0.05, 0.1) is 0 Å². The van der Waals surface area contributed by atoms with Crippen molar-refractivity contribution in [3.8, 4) is 0 Å². The van der Waals surface area contributed by atoms with Gasteiger partial charge < -0.3 is 15.2 Å². The van der Waals surface area contributed by atoms with E-state index in [4.69, 9.17) is 4.74 Å². The number of hydrogen-bond acceptors (Lipinski definition) is 3. The van der Waals surface area contributed by atoms with E-state index in [0.29, 0.717) is 0 Å². The van der Waals surface area contributed by atoms with Gasteiger partial charge in [-0.25, -0.2) is 0 Å². The SMILES string of the molecule is OC12C=CC(Nc3ccccc3)=CC1O2. The Morgan fingerprint density at radius 2 is 2.07 bits per heavy atom. The Bertz CT molecular complexity index is 438. The van der Waals surface area contributed by atoms with Crippen molar-refractivity contribution in [2.75, 3.05) is 5.32 Å². The smallest absolute Gasteiger partial charge is 0.217 e. The highest BCUT2D eigenvalue weighted by molar-refractivity contribution is 5.52. The Kier molecular flexibility index (Phi) is 1.71. The third-order valence-corrected chi connectivity index (χ3v) is 2.56. The van der Waals surface area contributed by atoms with Crippen LogP contribution in [0.2, 0.25) is 0 Å². The first-order valence-corrected chi connectivity index (χ1v) is 4.90. The molecule has 0 radical (unpaired) electrons. The zero-order chi connectivity index (χ0) is 10.3. The third kappa shape index (κ3) is 1.56. The van der Waals surface area contributed by atoms with Gasteiger partial charge in [-0.05, 0) is 30.4 Å². The summed E-state index contributed by atoms with van der Waals surface area (Å²) in [5, 5.41) is 12.8. The predicted molar refractivity (Wildman–Crippen MR) is 57.1 cm³/mol. The van der Waals surface area contributed by atoms with Crippen LogP contribution >= 0.6 is 0 Å². The fraction of sp³-hybridized carbons (Fsp3) is 0.167. The van der Waals surface area contributed by atoms with Crippen molar-refractivity contribution in [1.29, 1.82) is 0 Å². The van der Waals surface area contributed by atoms with Crippen LogP contribution in [0.1, 0.15) is 0 Å². The van der Waals surface area contributed by atoms with Crippen molar-refractivity contribution in [1.82, 2.24) is 0 Å². The van der Waals surface area contributed by atoms with E-state index in [9.17, 15) is 5.11 Å². The topological polar surface area (TPSA) is 44.8 Å². The number of aliphatic hydroxyl groups is 1. The summed E-state index contributed by atoms with van der Waals surface area (Å²) in [6.45, 7) is 0. The molecule has 0 amide bonds. The molecule has 3 rings (SSSR count). The van der Waals surface area contributed by atoms with E-state index in [1.54, 1.807) is 6.08 Å². The van der Waals surface area contributed by atoms with E-state index in [1.807, 2.05) is 42.5 Å². The molecule has 1 heterocycles. The zero-order valence-electron chi connectivity index (χ0n) is 8.05.